The van der Waals surface area contributed by atoms with Crippen LogP contribution in [0.2, 0.25) is 0 Å². The van der Waals surface area contributed by atoms with E-state index in [-0.39, 0.29) is 37.9 Å². The lowest BCUT2D eigenvalue weighted by Crippen LogP contribution is -2.38. The van der Waals surface area contributed by atoms with E-state index in [2.05, 4.69) is 0 Å². The Kier molecular flexibility index (Phi) is 6.81. The van der Waals surface area contributed by atoms with E-state index in [9.17, 15) is 22.8 Å². The molecule has 2 heterocycles. The van der Waals surface area contributed by atoms with Gasteiger partial charge in [-0.15, -0.1) is 0 Å². The number of hydrogen-bond acceptors (Lipinski definition) is 4. The zero-order chi connectivity index (χ0) is 21.7. The Morgan fingerprint density at radius 1 is 1.30 bits per heavy atom. The highest BCUT2D eigenvalue weighted by Gasteiger charge is 2.37. The Morgan fingerprint density at radius 2 is 2.10 bits per heavy atom. The van der Waals surface area contributed by atoms with Gasteiger partial charge < -0.3 is 19.0 Å². The van der Waals surface area contributed by atoms with Crippen LogP contribution >= 0.6 is 0 Å². The highest BCUT2D eigenvalue weighted by molar-refractivity contribution is 5.89. The van der Waals surface area contributed by atoms with Crippen LogP contribution in [0.1, 0.15) is 23.3 Å². The van der Waals surface area contributed by atoms with Crippen molar-refractivity contribution >= 4 is 11.8 Å². The van der Waals surface area contributed by atoms with Crippen molar-refractivity contribution in [1.29, 1.82) is 0 Å². The molecule has 0 radical (unpaired) electrons. The van der Waals surface area contributed by atoms with E-state index in [1.807, 2.05) is 0 Å². The standard InChI is InChI=1S/C21H23F3N2O4/c1-29-9-7-25(14-18-6-3-8-30-18)20(28)16-11-19(27)26(13-16)12-15-4-2-5-17(10-15)21(22,23)24/h2-6,8,10,16H,7,9,11-14H2,1H3. The number of halogens is 3. The summed E-state index contributed by atoms with van der Waals surface area (Å²) in [5.41, 5.74) is -0.387. The number of likely N-dealkylation sites (tertiary alicyclic amines) is 1. The average molecular weight is 424 g/mol. The van der Waals surface area contributed by atoms with Crippen molar-refractivity contribution < 1.29 is 31.9 Å². The van der Waals surface area contributed by atoms with Crippen molar-refractivity contribution in [1.82, 2.24) is 9.80 Å². The molecule has 30 heavy (non-hydrogen) atoms. The molecule has 3 rings (SSSR count). The van der Waals surface area contributed by atoms with Gasteiger partial charge in [-0.2, -0.15) is 13.2 Å². The van der Waals surface area contributed by atoms with Gasteiger partial charge in [0, 0.05) is 33.2 Å². The maximum absolute atomic E-state index is 13.0. The van der Waals surface area contributed by atoms with E-state index >= 15 is 0 Å². The van der Waals surface area contributed by atoms with E-state index in [0.717, 1.165) is 12.1 Å². The molecule has 1 atom stereocenters. The van der Waals surface area contributed by atoms with Gasteiger partial charge >= 0.3 is 6.18 Å². The lowest BCUT2D eigenvalue weighted by Gasteiger charge is -2.24. The Labute approximate surface area is 172 Å². The molecular weight excluding hydrogens is 401 g/mol. The molecule has 9 heteroatoms. The van der Waals surface area contributed by atoms with Gasteiger partial charge in [-0.1, -0.05) is 12.1 Å². The number of alkyl halides is 3. The first-order valence-electron chi connectivity index (χ1n) is 9.52. The molecule has 1 aliphatic heterocycles. The second-order valence-electron chi connectivity index (χ2n) is 7.21. The Morgan fingerprint density at radius 3 is 2.77 bits per heavy atom. The van der Waals surface area contributed by atoms with Crippen molar-refractivity contribution in [2.45, 2.75) is 25.7 Å². The maximum Gasteiger partial charge on any atom is 0.416 e. The molecule has 0 N–H and O–H groups in total. The first kappa shape index (κ1) is 21.9. The summed E-state index contributed by atoms with van der Waals surface area (Å²) in [5.74, 6) is -0.404. The van der Waals surface area contributed by atoms with Gasteiger partial charge in [0.15, 0.2) is 0 Å². The van der Waals surface area contributed by atoms with Crippen LogP contribution in [0.15, 0.2) is 47.1 Å². The molecule has 162 valence electrons. The number of benzene rings is 1. The largest absolute Gasteiger partial charge is 0.467 e. The summed E-state index contributed by atoms with van der Waals surface area (Å²) in [6, 6.07) is 8.36. The zero-order valence-electron chi connectivity index (χ0n) is 16.5. The summed E-state index contributed by atoms with van der Waals surface area (Å²) >= 11 is 0. The number of amides is 2. The molecule has 1 aromatic heterocycles. The second kappa shape index (κ2) is 9.34. The number of methoxy groups -OCH3 is 1. The van der Waals surface area contributed by atoms with Crippen LogP contribution in [0.5, 0.6) is 0 Å². The fourth-order valence-electron chi connectivity index (χ4n) is 3.47. The molecule has 1 aliphatic rings. The molecular formula is C21H23F3N2O4. The summed E-state index contributed by atoms with van der Waals surface area (Å²) in [6.07, 6.45) is -2.90. The van der Waals surface area contributed by atoms with Crippen LogP contribution in [-0.4, -0.2) is 48.4 Å². The predicted molar refractivity (Wildman–Crippen MR) is 101 cm³/mol. The van der Waals surface area contributed by atoms with Gasteiger partial charge in [0.2, 0.25) is 11.8 Å². The number of rotatable bonds is 8. The summed E-state index contributed by atoms with van der Waals surface area (Å²) in [4.78, 5) is 28.4. The third kappa shape index (κ3) is 5.41. The van der Waals surface area contributed by atoms with Crippen molar-refractivity contribution in [2.75, 3.05) is 26.8 Å². The SMILES string of the molecule is COCCN(Cc1ccco1)C(=O)C1CC(=O)N(Cc2cccc(C(F)(F)F)c2)C1. The minimum absolute atomic E-state index is 0.0272. The van der Waals surface area contributed by atoms with E-state index in [1.165, 1.54) is 24.3 Å². The van der Waals surface area contributed by atoms with Crippen LogP contribution in [0, 0.1) is 5.92 Å². The highest BCUT2D eigenvalue weighted by atomic mass is 19.4. The lowest BCUT2D eigenvalue weighted by atomic mass is 10.1. The van der Waals surface area contributed by atoms with Crippen LogP contribution in [0.3, 0.4) is 0 Å². The zero-order valence-corrected chi connectivity index (χ0v) is 16.5. The van der Waals surface area contributed by atoms with E-state index in [0.29, 0.717) is 24.5 Å². The first-order chi connectivity index (χ1) is 14.3. The van der Waals surface area contributed by atoms with E-state index in [1.54, 1.807) is 23.1 Å². The monoisotopic (exact) mass is 424 g/mol. The molecule has 1 fully saturated rings. The van der Waals surface area contributed by atoms with Gasteiger partial charge in [-0.3, -0.25) is 9.59 Å². The third-order valence-electron chi connectivity index (χ3n) is 5.00. The topological polar surface area (TPSA) is 63.0 Å². The fourth-order valence-corrected chi connectivity index (χ4v) is 3.47. The van der Waals surface area contributed by atoms with Gasteiger partial charge in [-0.25, -0.2) is 0 Å². The van der Waals surface area contributed by atoms with Gasteiger partial charge in [0.05, 0.1) is 30.9 Å². The lowest BCUT2D eigenvalue weighted by molar-refractivity contribution is -0.138. The molecule has 2 aromatic rings. The average Bonchev–Trinajstić information content (AvgIpc) is 3.34. The summed E-state index contributed by atoms with van der Waals surface area (Å²) in [6.45, 7) is 1.13. The van der Waals surface area contributed by atoms with Crippen LogP contribution in [-0.2, 0) is 33.6 Å². The predicted octanol–water partition coefficient (Wildman–Crippen LogP) is 3.32. The van der Waals surface area contributed by atoms with E-state index in [4.69, 9.17) is 9.15 Å². The van der Waals surface area contributed by atoms with Crippen molar-refractivity contribution in [2.24, 2.45) is 5.92 Å². The van der Waals surface area contributed by atoms with Gasteiger partial charge in [0.1, 0.15) is 5.76 Å². The van der Waals surface area contributed by atoms with Crippen LogP contribution in [0.25, 0.3) is 0 Å². The van der Waals surface area contributed by atoms with Crippen molar-refractivity contribution in [3.8, 4) is 0 Å². The molecule has 0 aliphatic carbocycles. The fraction of sp³-hybridized carbons (Fsp3) is 0.429. The van der Waals surface area contributed by atoms with Crippen LogP contribution < -0.4 is 0 Å². The molecule has 6 nitrogen and oxygen atoms in total. The van der Waals surface area contributed by atoms with Crippen molar-refractivity contribution in [3.63, 3.8) is 0 Å². The minimum atomic E-state index is -4.45. The smallest absolute Gasteiger partial charge is 0.416 e. The third-order valence-corrected chi connectivity index (χ3v) is 5.00. The number of ether oxygens (including phenoxy) is 1. The summed E-state index contributed by atoms with van der Waals surface area (Å²) in [7, 11) is 1.53. The molecule has 0 spiro atoms. The van der Waals surface area contributed by atoms with Gasteiger partial charge in [0.25, 0.3) is 0 Å². The molecule has 1 unspecified atom stereocenters. The Balaban J connectivity index is 1.66. The second-order valence-corrected chi connectivity index (χ2v) is 7.21. The molecule has 0 saturated carbocycles. The quantitative estimate of drug-likeness (QED) is 0.652. The minimum Gasteiger partial charge on any atom is -0.467 e. The number of nitrogens with zero attached hydrogens (tertiary/aromatic N) is 2. The Hall–Kier alpha value is -2.81. The van der Waals surface area contributed by atoms with Gasteiger partial charge in [-0.05, 0) is 29.8 Å². The maximum atomic E-state index is 13.0. The van der Waals surface area contributed by atoms with Crippen LogP contribution in [0.4, 0.5) is 13.2 Å². The number of furan rings is 1. The number of carbonyl (C=O) groups is 2. The normalized spacial score (nSPS) is 16.9. The highest BCUT2D eigenvalue weighted by Crippen LogP contribution is 2.30. The molecule has 2 amide bonds. The number of carbonyl (C=O) groups excluding carboxylic acids is 2. The summed E-state index contributed by atoms with van der Waals surface area (Å²) < 4.78 is 49.2. The Bertz CT molecular complexity index is 867. The molecule has 0 bridgehead atoms. The summed E-state index contributed by atoms with van der Waals surface area (Å²) in [5, 5.41) is 0. The first-order valence-corrected chi connectivity index (χ1v) is 9.52. The number of hydrogen-bond donors (Lipinski definition) is 0. The van der Waals surface area contributed by atoms with Crippen molar-refractivity contribution in [3.05, 3.63) is 59.5 Å². The van der Waals surface area contributed by atoms with E-state index < -0.39 is 17.7 Å². The molecule has 1 saturated heterocycles. The molecule has 1 aromatic carbocycles.